The summed E-state index contributed by atoms with van der Waals surface area (Å²) in [5.74, 6) is -0.285. The number of nitrogens with zero attached hydrogens (tertiary/aromatic N) is 4. The Labute approximate surface area is 183 Å². The predicted octanol–water partition coefficient (Wildman–Crippen LogP) is 2.44. The van der Waals surface area contributed by atoms with Crippen molar-refractivity contribution in [1.29, 1.82) is 5.26 Å². The first-order valence-corrected chi connectivity index (χ1v) is 9.97. The van der Waals surface area contributed by atoms with Crippen LogP contribution >= 0.6 is 0 Å². The van der Waals surface area contributed by atoms with Crippen molar-refractivity contribution in [1.82, 2.24) is 20.0 Å². The molecule has 1 saturated carbocycles. The number of nitriles is 1. The number of fused-ring (bicyclic) bond motifs is 1. The van der Waals surface area contributed by atoms with Crippen LogP contribution in [0.3, 0.4) is 0 Å². The van der Waals surface area contributed by atoms with Gasteiger partial charge in [-0.1, -0.05) is 0 Å². The third-order valence-electron chi connectivity index (χ3n) is 4.89. The Hall–Kier alpha value is -3.94. The molecule has 1 fully saturated rings. The molecule has 11 heteroatoms. The van der Waals surface area contributed by atoms with Gasteiger partial charge >= 0.3 is 6.09 Å². The highest BCUT2D eigenvalue weighted by Gasteiger charge is 2.31. The van der Waals surface area contributed by atoms with Crippen molar-refractivity contribution in [3.8, 4) is 17.3 Å². The van der Waals surface area contributed by atoms with Crippen LogP contribution in [-0.4, -0.2) is 59.6 Å². The van der Waals surface area contributed by atoms with E-state index in [1.165, 1.54) is 12.0 Å². The van der Waals surface area contributed by atoms with Crippen LogP contribution in [0.4, 0.5) is 14.9 Å². The lowest BCUT2D eigenvalue weighted by Crippen LogP contribution is -2.47. The van der Waals surface area contributed by atoms with Gasteiger partial charge in [0.05, 0.1) is 42.8 Å². The molecule has 168 valence electrons. The van der Waals surface area contributed by atoms with Crippen LogP contribution in [0.15, 0.2) is 24.3 Å². The second kappa shape index (κ2) is 9.91. The van der Waals surface area contributed by atoms with Crippen molar-refractivity contribution in [2.75, 3.05) is 25.6 Å². The molecule has 0 spiro atoms. The smallest absolute Gasteiger partial charge is 0.408 e. The first-order valence-electron chi connectivity index (χ1n) is 9.97. The van der Waals surface area contributed by atoms with E-state index in [-0.39, 0.29) is 18.6 Å². The Morgan fingerprint density at radius 2 is 2.12 bits per heavy atom. The van der Waals surface area contributed by atoms with E-state index in [0.717, 1.165) is 12.8 Å². The van der Waals surface area contributed by atoms with Gasteiger partial charge in [0.2, 0.25) is 6.41 Å². The summed E-state index contributed by atoms with van der Waals surface area (Å²) >= 11 is 0. The third kappa shape index (κ3) is 5.21. The number of halogens is 1. The topological polar surface area (TPSA) is 129 Å². The van der Waals surface area contributed by atoms with Gasteiger partial charge < -0.3 is 20.3 Å². The van der Waals surface area contributed by atoms with Crippen molar-refractivity contribution < 1.29 is 23.5 Å². The molecule has 1 aromatic heterocycles. The number of nitrogens with one attached hydrogen (secondary N) is 2. The van der Waals surface area contributed by atoms with Crippen LogP contribution in [0.2, 0.25) is 0 Å². The molecule has 3 amide bonds. The van der Waals surface area contributed by atoms with E-state index in [2.05, 4.69) is 20.5 Å². The first-order chi connectivity index (χ1) is 15.4. The van der Waals surface area contributed by atoms with Crippen LogP contribution in [0.1, 0.15) is 41.9 Å². The highest BCUT2D eigenvalue weighted by Crippen LogP contribution is 2.31. The normalized spacial score (nSPS) is 16.8. The number of anilines is 1. The van der Waals surface area contributed by atoms with Gasteiger partial charge in [-0.25, -0.2) is 9.18 Å². The summed E-state index contributed by atoms with van der Waals surface area (Å²) in [5.41, 5.74) is 2.26. The van der Waals surface area contributed by atoms with E-state index in [1.54, 1.807) is 28.9 Å². The minimum Gasteiger partial charge on any atom is -0.453 e. The highest BCUT2D eigenvalue weighted by molar-refractivity contribution is 5.95. The van der Waals surface area contributed by atoms with Crippen LogP contribution in [0.5, 0.6) is 0 Å². The molecule has 2 aliphatic rings. The zero-order valence-corrected chi connectivity index (χ0v) is 17.7. The Morgan fingerprint density at radius 3 is 2.72 bits per heavy atom. The molecule has 0 bridgehead atoms. The SMILES string of the molecule is COC(=O)NCN1CC(C)n2nc(-c3ccc(C#N)cc3NC=O)cc2C1=O.FC1CC1. The molecule has 2 aromatic rings. The molecule has 4 rings (SSSR count). The summed E-state index contributed by atoms with van der Waals surface area (Å²) in [7, 11) is 1.25. The third-order valence-corrected chi connectivity index (χ3v) is 4.89. The number of hydrogen-bond donors (Lipinski definition) is 2. The number of carbonyl (C=O) groups is 3. The maximum absolute atomic E-state index is 12.8. The van der Waals surface area contributed by atoms with Crippen LogP contribution in [-0.2, 0) is 9.53 Å². The van der Waals surface area contributed by atoms with Gasteiger partial charge in [-0.05, 0) is 44.0 Å². The monoisotopic (exact) mass is 442 g/mol. The minimum atomic E-state index is -0.623. The fourth-order valence-electron chi connectivity index (χ4n) is 3.11. The average Bonchev–Trinajstić information content (AvgIpc) is 3.44. The van der Waals surface area contributed by atoms with Crippen LogP contribution in [0, 0.1) is 11.3 Å². The van der Waals surface area contributed by atoms with Crippen molar-refractivity contribution >= 4 is 24.1 Å². The summed E-state index contributed by atoms with van der Waals surface area (Å²) in [5, 5.41) is 18.6. The molecule has 32 heavy (non-hydrogen) atoms. The number of alkyl carbamates (subject to hydrolysis) is 1. The lowest BCUT2D eigenvalue weighted by molar-refractivity contribution is -0.105. The average molecular weight is 442 g/mol. The van der Waals surface area contributed by atoms with Gasteiger partial charge in [0.1, 0.15) is 11.9 Å². The Bertz CT molecular complexity index is 1060. The summed E-state index contributed by atoms with van der Waals surface area (Å²) in [6.07, 6.45) is 1.12. The van der Waals surface area contributed by atoms with Gasteiger partial charge in [-0.15, -0.1) is 0 Å². The number of methoxy groups -OCH3 is 1. The molecule has 1 atom stereocenters. The molecule has 1 aromatic carbocycles. The number of ether oxygens (including phenoxy) is 1. The molecule has 1 aliphatic heterocycles. The number of hydrogen-bond acceptors (Lipinski definition) is 6. The lowest BCUT2D eigenvalue weighted by Gasteiger charge is -2.31. The van der Waals surface area contributed by atoms with Gasteiger partial charge in [-0.3, -0.25) is 14.3 Å². The predicted molar refractivity (Wildman–Crippen MR) is 112 cm³/mol. The molecule has 2 heterocycles. The molecular formula is C21H23FN6O4. The number of amides is 3. The quantitative estimate of drug-likeness (QED) is 0.684. The van der Waals surface area contributed by atoms with Crippen LogP contribution in [0.25, 0.3) is 11.3 Å². The molecule has 10 nitrogen and oxygen atoms in total. The minimum absolute atomic E-state index is 0.0190. The number of carbonyl (C=O) groups excluding carboxylic acids is 3. The number of benzene rings is 1. The van der Waals surface area contributed by atoms with Gasteiger partial charge in [0.15, 0.2) is 0 Å². The summed E-state index contributed by atoms with van der Waals surface area (Å²) in [6.45, 7) is 2.29. The Morgan fingerprint density at radius 1 is 1.41 bits per heavy atom. The molecule has 1 unspecified atom stereocenters. The Balaban J connectivity index is 0.000000650. The zero-order chi connectivity index (χ0) is 23.3. The fourth-order valence-corrected chi connectivity index (χ4v) is 3.11. The zero-order valence-electron chi connectivity index (χ0n) is 17.7. The van der Waals surface area contributed by atoms with Gasteiger partial charge in [-0.2, -0.15) is 10.4 Å². The van der Waals surface area contributed by atoms with Gasteiger partial charge in [0, 0.05) is 12.1 Å². The second-order valence-electron chi connectivity index (χ2n) is 7.37. The molecule has 0 radical (unpaired) electrons. The maximum Gasteiger partial charge on any atom is 0.408 e. The van der Waals surface area contributed by atoms with E-state index in [9.17, 15) is 18.8 Å². The summed E-state index contributed by atoms with van der Waals surface area (Å²) < 4.78 is 17.3. The van der Waals surface area contributed by atoms with Crippen molar-refractivity contribution in [2.24, 2.45) is 0 Å². The number of alkyl halides is 1. The molecule has 0 saturated heterocycles. The van der Waals surface area contributed by atoms with Crippen LogP contribution < -0.4 is 10.6 Å². The van der Waals surface area contributed by atoms with Crippen molar-refractivity contribution in [3.05, 3.63) is 35.5 Å². The largest absolute Gasteiger partial charge is 0.453 e. The fraction of sp³-hybridized carbons (Fsp3) is 0.381. The summed E-state index contributed by atoms with van der Waals surface area (Å²) in [6, 6.07) is 8.34. The first kappa shape index (κ1) is 22.7. The lowest BCUT2D eigenvalue weighted by atomic mass is 10.1. The Kier molecular flexibility index (Phi) is 7.04. The van der Waals surface area contributed by atoms with Gasteiger partial charge in [0.25, 0.3) is 5.91 Å². The van der Waals surface area contributed by atoms with E-state index in [0.29, 0.717) is 41.2 Å². The van der Waals surface area contributed by atoms with Crippen molar-refractivity contribution in [2.45, 2.75) is 32.0 Å². The molecule has 1 aliphatic carbocycles. The van der Waals surface area contributed by atoms with E-state index in [1.807, 2.05) is 13.0 Å². The maximum atomic E-state index is 12.8. The van der Waals surface area contributed by atoms with E-state index >= 15 is 0 Å². The highest BCUT2D eigenvalue weighted by atomic mass is 19.1. The molecular weight excluding hydrogens is 419 g/mol. The number of rotatable bonds is 5. The standard InChI is InChI=1S/C18H18N6O4.C3H5F/c1-11-8-23(9-20-18(27)28-2)17(26)16-6-15(22-24(11)16)13-4-3-12(7-19)5-14(13)21-10-25;4-3-1-2-3/h3-6,10-11H,8-9H2,1-2H3,(H,20,27)(H,21,25);3H,1-2H2. The van der Waals surface area contributed by atoms with Crippen molar-refractivity contribution in [3.63, 3.8) is 0 Å². The summed E-state index contributed by atoms with van der Waals surface area (Å²) in [4.78, 5) is 36.5. The number of aromatic nitrogens is 2. The second-order valence-corrected chi connectivity index (χ2v) is 7.37. The van der Waals surface area contributed by atoms with E-state index in [4.69, 9.17) is 5.26 Å². The molecule has 2 N–H and O–H groups in total. The van der Waals surface area contributed by atoms with E-state index < -0.39 is 12.3 Å².